The molecular weight excluding hydrogens is 390 g/mol. The molecule has 0 aliphatic carbocycles. The minimum atomic E-state index is -1.11. The molecule has 1 atom stereocenters. The fourth-order valence-electron chi connectivity index (χ4n) is 2.94. The standard InChI is InChI=1S/C21H23N3O6/c1-11(2)7-8-24-19(26)15-6-5-14(10-16(15)20(24)27)21(28)29-13(4)18(25)22-17-9-12(3)30-23-17/h5-6,9-11,13H,7-8H2,1-4H3,(H,22,23,25). The molecule has 1 aromatic heterocycles. The molecule has 0 saturated heterocycles. The number of anilines is 1. The Balaban J connectivity index is 1.67. The van der Waals surface area contributed by atoms with Crippen LogP contribution < -0.4 is 5.32 Å². The Morgan fingerprint density at radius 2 is 1.83 bits per heavy atom. The monoisotopic (exact) mass is 413 g/mol. The van der Waals surface area contributed by atoms with Crippen LogP contribution in [0.3, 0.4) is 0 Å². The molecule has 0 fully saturated rings. The molecule has 0 spiro atoms. The van der Waals surface area contributed by atoms with Gasteiger partial charge in [0.25, 0.3) is 17.7 Å². The summed E-state index contributed by atoms with van der Waals surface area (Å²) < 4.78 is 10.0. The van der Waals surface area contributed by atoms with Crippen LogP contribution in [0.1, 0.15) is 64.0 Å². The van der Waals surface area contributed by atoms with Gasteiger partial charge in [-0.3, -0.25) is 19.3 Å². The summed E-state index contributed by atoms with van der Waals surface area (Å²) in [6, 6.07) is 5.70. The van der Waals surface area contributed by atoms with Crippen LogP contribution in [0.5, 0.6) is 0 Å². The van der Waals surface area contributed by atoms with Crippen molar-refractivity contribution in [2.24, 2.45) is 5.92 Å². The number of esters is 1. The van der Waals surface area contributed by atoms with Crippen molar-refractivity contribution < 1.29 is 28.4 Å². The number of imide groups is 1. The van der Waals surface area contributed by atoms with E-state index in [1.54, 1.807) is 6.92 Å². The fourth-order valence-corrected chi connectivity index (χ4v) is 2.94. The average molecular weight is 413 g/mol. The lowest BCUT2D eigenvalue weighted by molar-refractivity contribution is -0.123. The van der Waals surface area contributed by atoms with E-state index in [1.807, 2.05) is 13.8 Å². The van der Waals surface area contributed by atoms with Crippen LogP contribution in [0.2, 0.25) is 0 Å². The number of rotatable bonds is 7. The highest BCUT2D eigenvalue weighted by Gasteiger charge is 2.36. The summed E-state index contributed by atoms with van der Waals surface area (Å²) in [6.07, 6.45) is -0.416. The summed E-state index contributed by atoms with van der Waals surface area (Å²) in [5.74, 6) is -1.09. The summed E-state index contributed by atoms with van der Waals surface area (Å²) in [7, 11) is 0. The highest BCUT2D eigenvalue weighted by atomic mass is 16.5. The molecule has 9 heteroatoms. The molecule has 2 aromatic rings. The van der Waals surface area contributed by atoms with E-state index in [9.17, 15) is 19.2 Å². The van der Waals surface area contributed by atoms with Gasteiger partial charge in [0.1, 0.15) is 5.76 Å². The van der Waals surface area contributed by atoms with Crippen LogP contribution in [-0.2, 0) is 9.53 Å². The zero-order valence-electron chi connectivity index (χ0n) is 17.2. The maximum absolute atomic E-state index is 12.6. The quantitative estimate of drug-likeness (QED) is 0.547. The van der Waals surface area contributed by atoms with Crippen molar-refractivity contribution in [3.63, 3.8) is 0 Å². The predicted molar refractivity (Wildman–Crippen MR) is 106 cm³/mol. The molecule has 1 unspecified atom stereocenters. The maximum Gasteiger partial charge on any atom is 0.338 e. The topological polar surface area (TPSA) is 119 Å². The van der Waals surface area contributed by atoms with E-state index in [2.05, 4.69) is 10.5 Å². The van der Waals surface area contributed by atoms with Crippen molar-refractivity contribution in [2.75, 3.05) is 11.9 Å². The van der Waals surface area contributed by atoms with Gasteiger partial charge in [-0.25, -0.2) is 4.79 Å². The third kappa shape index (κ3) is 4.40. The van der Waals surface area contributed by atoms with Crippen molar-refractivity contribution >= 4 is 29.5 Å². The van der Waals surface area contributed by atoms with E-state index in [4.69, 9.17) is 9.26 Å². The van der Waals surface area contributed by atoms with Gasteiger partial charge in [-0.05, 0) is 44.4 Å². The molecule has 0 radical (unpaired) electrons. The van der Waals surface area contributed by atoms with Gasteiger partial charge in [-0.2, -0.15) is 0 Å². The molecular formula is C21H23N3O6. The number of nitrogens with one attached hydrogen (secondary N) is 1. The first kappa shape index (κ1) is 21.2. The Kier molecular flexibility index (Phi) is 6.00. The Morgan fingerprint density at radius 3 is 2.47 bits per heavy atom. The summed E-state index contributed by atoms with van der Waals surface area (Å²) in [5, 5.41) is 6.12. The molecule has 3 amide bonds. The minimum Gasteiger partial charge on any atom is -0.449 e. The number of fused-ring (bicyclic) bond motifs is 1. The fraction of sp³-hybridized carbons (Fsp3) is 0.381. The molecule has 1 aliphatic heterocycles. The van der Waals surface area contributed by atoms with Crippen LogP contribution >= 0.6 is 0 Å². The zero-order chi connectivity index (χ0) is 22.0. The molecule has 1 N–H and O–H groups in total. The Hall–Kier alpha value is -3.49. The second-order valence-corrected chi connectivity index (χ2v) is 7.56. The largest absolute Gasteiger partial charge is 0.449 e. The Bertz CT molecular complexity index is 1010. The molecule has 30 heavy (non-hydrogen) atoms. The van der Waals surface area contributed by atoms with Gasteiger partial charge in [0, 0.05) is 12.6 Å². The second kappa shape index (κ2) is 8.48. The van der Waals surface area contributed by atoms with Crippen LogP contribution in [0.15, 0.2) is 28.8 Å². The lowest BCUT2D eigenvalue weighted by atomic mass is 10.1. The van der Waals surface area contributed by atoms with Gasteiger partial charge in [0.2, 0.25) is 0 Å². The predicted octanol–water partition coefficient (Wildman–Crippen LogP) is 2.81. The normalized spacial score (nSPS) is 14.1. The van der Waals surface area contributed by atoms with E-state index in [-0.39, 0.29) is 28.4 Å². The lowest BCUT2D eigenvalue weighted by Gasteiger charge is -2.14. The highest BCUT2D eigenvalue weighted by molar-refractivity contribution is 6.22. The zero-order valence-corrected chi connectivity index (χ0v) is 17.2. The smallest absolute Gasteiger partial charge is 0.338 e. The molecule has 9 nitrogen and oxygen atoms in total. The SMILES string of the molecule is Cc1cc(NC(=O)C(C)OC(=O)c2ccc3c(c2)C(=O)N(CCC(C)C)C3=O)no1. The van der Waals surface area contributed by atoms with Gasteiger partial charge in [-0.15, -0.1) is 0 Å². The third-order valence-corrected chi connectivity index (χ3v) is 4.67. The van der Waals surface area contributed by atoms with Gasteiger partial charge in [0.05, 0.1) is 16.7 Å². The Morgan fingerprint density at radius 1 is 1.13 bits per heavy atom. The number of aromatic nitrogens is 1. The Labute approximate surface area is 173 Å². The van der Waals surface area contributed by atoms with E-state index in [0.29, 0.717) is 24.6 Å². The van der Waals surface area contributed by atoms with E-state index in [1.165, 1.54) is 36.1 Å². The summed E-state index contributed by atoms with van der Waals surface area (Å²) in [4.78, 5) is 50.9. The lowest BCUT2D eigenvalue weighted by Crippen LogP contribution is -2.31. The first-order valence-electron chi connectivity index (χ1n) is 9.62. The van der Waals surface area contributed by atoms with Crippen molar-refractivity contribution in [1.82, 2.24) is 10.1 Å². The van der Waals surface area contributed by atoms with Crippen molar-refractivity contribution in [2.45, 2.75) is 40.2 Å². The van der Waals surface area contributed by atoms with Crippen molar-refractivity contribution in [3.05, 3.63) is 46.7 Å². The number of nitrogens with zero attached hydrogens (tertiary/aromatic N) is 2. The molecule has 2 heterocycles. The van der Waals surface area contributed by atoms with Gasteiger partial charge < -0.3 is 14.6 Å². The number of hydrogen-bond acceptors (Lipinski definition) is 7. The van der Waals surface area contributed by atoms with E-state index < -0.39 is 23.9 Å². The van der Waals surface area contributed by atoms with Gasteiger partial charge >= 0.3 is 5.97 Å². The molecule has 158 valence electrons. The highest BCUT2D eigenvalue weighted by Crippen LogP contribution is 2.25. The van der Waals surface area contributed by atoms with Crippen LogP contribution in [0.4, 0.5) is 5.82 Å². The van der Waals surface area contributed by atoms with E-state index in [0.717, 1.165) is 0 Å². The van der Waals surface area contributed by atoms with Crippen LogP contribution in [-0.4, -0.2) is 46.4 Å². The second-order valence-electron chi connectivity index (χ2n) is 7.56. The first-order chi connectivity index (χ1) is 14.2. The summed E-state index contributed by atoms with van der Waals surface area (Å²) in [6.45, 7) is 7.43. The number of aryl methyl sites for hydroxylation is 1. The van der Waals surface area contributed by atoms with Crippen molar-refractivity contribution in [3.8, 4) is 0 Å². The van der Waals surface area contributed by atoms with Crippen LogP contribution in [0, 0.1) is 12.8 Å². The molecule has 1 aliphatic rings. The minimum absolute atomic E-state index is 0.0811. The number of hydrogen-bond donors (Lipinski definition) is 1. The van der Waals surface area contributed by atoms with Gasteiger partial charge in [0.15, 0.2) is 11.9 Å². The molecule has 3 rings (SSSR count). The average Bonchev–Trinajstić information content (AvgIpc) is 3.20. The van der Waals surface area contributed by atoms with Crippen LogP contribution in [0.25, 0.3) is 0 Å². The third-order valence-electron chi connectivity index (χ3n) is 4.67. The molecule has 1 aromatic carbocycles. The molecule has 0 saturated carbocycles. The number of carbonyl (C=O) groups excluding carboxylic acids is 4. The first-order valence-corrected chi connectivity index (χ1v) is 9.62. The van der Waals surface area contributed by atoms with Crippen molar-refractivity contribution in [1.29, 1.82) is 0 Å². The summed E-state index contributed by atoms with van der Waals surface area (Å²) >= 11 is 0. The number of ether oxygens (including phenoxy) is 1. The number of carbonyl (C=O) groups is 4. The number of amides is 3. The maximum atomic E-state index is 12.6. The van der Waals surface area contributed by atoms with Gasteiger partial charge in [-0.1, -0.05) is 19.0 Å². The molecule has 0 bridgehead atoms. The summed E-state index contributed by atoms with van der Waals surface area (Å²) in [5.41, 5.74) is 0.499. The number of benzene rings is 1. The van der Waals surface area contributed by atoms with E-state index >= 15 is 0 Å².